The minimum Gasteiger partial charge on any atom is -0.494 e. The highest BCUT2D eigenvalue weighted by molar-refractivity contribution is 7.80. The van der Waals surface area contributed by atoms with Gasteiger partial charge in [0.25, 0.3) is 11.8 Å². The van der Waals surface area contributed by atoms with Crippen LogP contribution in [-0.2, 0) is 0 Å². The number of carbonyl (C=O) groups excluding carboxylic acids is 2. The van der Waals surface area contributed by atoms with Gasteiger partial charge in [-0.05, 0) is 61.5 Å². The molecule has 0 aliphatic carbocycles. The average Bonchev–Trinajstić information content (AvgIpc) is 2.81. The van der Waals surface area contributed by atoms with Crippen molar-refractivity contribution in [3.05, 3.63) is 59.7 Å². The van der Waals surface area contributed by atoms with Gasteiger partial charge in [-0.15, -0.1) is 0 Å². The van der Waals surface area contributed by atoms with E-state index in [1.807, 2.05) is 6.92 Å². The SMILES string of the molecule is CCCCCCOc1ccc(C(=O)NNC(=S)NC(=O)c2ccccc2OCCC)cc1. The van der Waals surface area contributed by atoms with Crippen molar-refractivity contribution in [3.63, 3.8) is 0 Å². The van der Waals surface area contributed by atoms with Gasteiger partial charge in [0.15, 0.2) is 5.11 Å². The van der Waals surface area contributed by atoms with Crippen LogP contribution in [0, 0.1) is 0 Å². The number of hydrazine groups is 1. The Morgan fingerprint density at radius 1 is 0.812 bits per heavy atom. The molecule has 0 aromatic heterocycles. The van der Waals surface area contributed by atoms with Crippen molar-refractivity contribution in [2.75, 3.05) is 13.2 Å². The molecule has 0 bridgehead atoms. The van der Waals surface area contributed by atoms with Gasteiger partial charge in [-0.25, -0.2) is 0 Å². The fraction of sp³-hybridized carbons (Fsp3) is 0.375. The van der Waals surface area contributed by atoms with Crippen LogP contribution in [0.5, 0.6) is 11.5 Å². The fourth-order valence-corrected chi connectivity index (χ4v) is 2.94. The first-order valence-electron chi connectivity index (χ1n) is 10.9. The van der Waals surface area contributed by atoms with Gasteiger partial charge in [-0.2, -0.15) is 0 Å². The highest BCUT2D eigenvalue weighted by Crippen LogP contribution is 2.18. The van der Waals surface area contributed by atoms with E-state index in [4.69, 9.17) is 21.7 Å². The molecule has 0 heterocycles. The van der Waals surface area contributed by atoms with Crippen LogP contribution in [0.2, 0.25) is 0 Å². The normalized spacial score (nSPS) is 10.2. The summed E-state index contributed by atoms with van der Waals surface area (Å²) >= 11 is 5.11. The second kappa shape index (κ2) is 14.0. The topological polar surface area (TPSA) is 88.7 Å². The number of para-hydroxylation sites is 1. The van der Waals surface area contributed by atoms with Crippen molar-refractivity contribution in [3.8, 4) is 11.5 Å². The molecule has 8 heteroatoms. The Hall–Kier alpha value is -3.13. The van der Waals surface area contributed by atoms with E-state index in [-0.39, 0.29) is 11.0 Å². The smallest absolute Gasteiger partial charge is 0.269 e. The monoisotopic (exact) mass is 457 g/mol. The molecule has 2 rings (SSSR count). The van der Waals surface area contributed by atoms with Crippen LogP contribution in [0.4, 0.5) is 0 Å². The van der Waals surface area contributed by atoms with Gasteiger partial charge < -0.3 is 9.47 Å². The van der Waals surface area contributed by atoms with E-state index < -0.39 is 5.91 Å². The Kier molecular flexibility index (Phi) is 11.0. The van der Waals surface area contributed by atoms with E-state index in [2.05, 4.69) is 23.1 Å². The lowest BCUT2D eigenvalue weighted by molar-refractivity contribution is 0.0933. The second-order valence-corrected chi connectivity index (χ2v) is 7.55. The number of nitrogens with one attached hydrogen (secondary N) is 3. The summed E-state index contributed by atoms with van der Waals surface area (Å²) in [7, 11) is 0. The largest absolute Gasteiger partial charge is 0.494 e. The summed E-state index contributed by atoms with van der Waals surface area (Å²) < 4.78 is 11.3. The molecule has 2 aromatic rings. The highest BCUT2D eigenvalue weighted by atomic mass is 32.1. The molecule has 0 aliphatic heterocycles. The predicted octanol–water partition coefficient (Wildman–Crippen LogP) is 4.38. The lowest BCUT2D eigenvalue weighted by Crippen LogP contribution is -2.48. The van der Waals surface area contributed by atoms with Gasteiger partial charge in [0.05, 0.1) is 18.8 Å². The Morgan fingerprint density at radius 3 is 2.28 bits per heavy atom. The van der Waals surface area contributed by atoms with Crippen molar-refractivity contribution in [2.45, 2.75) is 46.0 Å². The number of rotatable bonds is 11. The van der Waals surface area contributed by atoms with Gasteiger partial charge >= 0.3 is 0 Å². The zero-order valence-electron chi connectivity index (χ0n) is 18.6. The van der Waals surface area contributed by atoms with Crippen LogP contribution in [0.25, 0.3) is 0 Å². The zero-order chi connectivity index (χ0) is 23.2. The van der Waals surface area contributed by atoms with Gasteiger partial charge in [0.1, 0.15) is 11.5 Å². The maximum absolute atomic E-state index is 12.5. The van der Waals surface area contributed by atoms with E-state index >= 15 is 0 Å². The molecule has 0 atom stereocenters. The maximum atomic E-state index is 12.5. The fourth-order valence-electron chi connectivity index (χ4n) is 2.80. The first kappa shape index (κ1) is 25.1. The molecular weight excluding hydrogens is 426 g/mol. The minimum atomic E-state index is -0.427. The van der Waals surface area contributed by atoms with Crippen molar-refractivity contribution >= 4 is 29.1 Å². The third kappa shape index (κ3) is 8.55. The van der Waals surface area contributed by atoms with Gasteiger partial charge in [-0.3, -0.25) is 25.8 Å². The van der Waals surface area contributed by atoms with E-state index in [1.165, 1.54) is 12.8 Å². The molecule has 0 saturated heterocycles. The third-order valence-electron chi connectivity index (χ3n) is 4.49. The Labute approximate surface area is 194 Å². The predicted molar refractivity (Wildman–Crippen MR) is 129 cm³/mol. The molecule has 0 saturated carbocycles. The van der Waals surface area contributed by atoms with Crippen LogP contribution in [0.15, 0.2) is 48.5 Å². The molecule has 32 heavy (non-hydrogen) atoms. The van der Waals surface area contributed by atoms with E-state index in [0.29, 0.717) is 30.1 Å². The zero-order valence-corrected chi connectivity index (χ0v) is 19.4. The second-order valence-electron chi connectivity index (χ2n) is 7.14. The number of hydrogen-bond acceptors (Lipinski definition) is 5. The molecule has 2 aromatic carbocycles. The minimum absolute atomic E-state index is 0.0272. The van der Waals surface area contributed by atoms with E-state index in [1.54, 1.807) is 48.5 Å². The summed E-state index contributed by atoms with van der Waals surface area (Å²) in [5.41, 5.74) is 5.81. The first-order chi connectivity index (χ1) is 15.5. The molecule has 0 unspecified atom stereocenters. The van der Waals surface area contributed by atoms with Crippen LogP contribution in [-0.4, -0.2) is 30.1 Å². The standard InChI is InChI=1S/C24H31N3O4S/c1-3-5-6-9-17-30-19-14-12-18(13-15-19)22(28)26-27-24(32)25-23(29)20-10-7-8-11-21(20)31-16-4-2/h7-8,10-15H,3-6,9,16-17H2,1-2H3,(H,26,28)(H2,25,27,29,32). The quantitative estimate of drug-likeness (QED) is 0.264. The Bertz CT molecular complexity index is 887. The molecule has 0 aliphatic rings. The lowest BCUT2D eigenvalue weighted by atomic mass is 10.2. The molecule has 172 valence electrons. The molecular formula is C24H31N3O4S. The maximum Gasteiger partial charge on any atom is 0.269 e. The van der Waals surface area contributed by atoms with Crippen molar-refractivity contribution < 1.29 is 19.1 Å². The number of unbranched alkanes of at least 4 members (excludes halogenated alkanes) is 3. The van der Waals surface area contributed by atoms with Crippen molar-refractivity contribution in [2.24, 2.45) is 0 Å². The summed E-state index contributed by atoms with van der Waals surface area (Å²) in [6.45, 7) is 5.32. The summed E-state index contributed by atoms with van der Waals surface area (Å²) in [5.74, 6) is 0.385. The molecule has 0 fully saturated rings. The number of carbonyl (C=O) groups is 2. The molecule has 0 radical (unpaired) electrons. The summed E-state index contributed by atoms with van der Waals surface area (Å²) in [5, 5.41) is 2.51. The average molecular weight is 458 g/mol. The highest BCUT2D eigenvalue weighted by Gasteiger charge is 2.14. The summed E-state index contributed by atoms with van der Waals surface area (Å²) in [4.78, 5) is 24.8. The van der Waals surface area contributed by atoms with Crippen LogP contribution < -0.4 is 25.6 Å². The van der Waals surface area contributed by atoms with E-state index in [0.717, 1.165) is 25.0 Å². The number of benzene rings is 2. The van der Waals surface area contributed by atoms with Gasteiger partial charge in [0.2, 0.25) is 0 Å². The first-order valence-corrected chi connectivity index (χ1v) is 11.3. The van der Waals surface area contributed by atoms with E-state index in [9.17, 15) is 9.59 Å². The number of amides is 2. The van der Waals surface area contributed by atoms with Crippen molar-refractivity contribution in [1.29, 1.82) is 0 Å². The number of hydrogen-bond donors (Lipinski definition) is 3. The molecule has 0 spiro atoms. The third-order valence-corrected chi connectivity index (χ3v) is 4.70. The molecule has 7 nitrogen and oxygen atoms in total. The Balaban J connectivity index is 1.79. The Morgan fingerprint density at radius 2 is 1.56 bits per heavy atom. The van der Waals surface area contributed by atoms with Crippen LogP contribution in [0.3, 0.4) is 0 Å². The number of ether oxygens (including phenoxy) is 2. The van der Waals surface area contributed by atoms with Crippen LogP contribution in [0.1, 0.15) is 66.7 Å². The lowest BCUT2D eigenvalue weighted by Gasteiger charge is -2.13. The summed E-state index contributed by atoms with van der Waals surface area (Å²) in [6, 6.07) is 13.7. The van der Waals surface area contributed by atoms with Crippen LogP contribution >= 0.6 is 12.2 Å². The number of thiocarbonyl (C=S) groups is 1. The molecule has 3 N–H and O–H groups in total. The van der Waals surface area contributed by atoms with Gasteiger partial charge in [-0.1, -0.05) is 45.2 Å². The van der Waals surface area contributed by atoms with Crippen molar-refractivity contribution in [1.82, 2.24) is 16.2 Å². The molecule has 2 amide bonds. The summed E-state index contributed by atoms with van der Waals surface area (Å²) in [6.07, 6.45) is 5.38. The van der Waals surface area contributed by atoms with Gasteiger partial charge in [0, 0.05) is 5.56 Å².